The average molecular weight is 598 g/mol. The van der Waals surface area contributed by atoms with Crippen molar-refractivity contribution in [3.63, 3.8) is 0 Å². The van der Waals surface area contributed by atoms with Gasteiger partial charge in [0.25, 0.3) is 17.4 Å². The van der Waals surface area contributed by atoms with Gasteiger partial charge in [0.1, 0.15) is 21.6 Å². The third kappa shape index (κ3) is 7.12. The molecular weight excluding hydrogens is 565 g/mol. The van der Waals surface area contributed by atoms with E-state index in [0.29, 0.717) is 59.0 Å². The van der Waals surface area contributed by atoms with Crippen LogP contribution in [0, 0.1) is 18.7 Å². The molecule has 2 saturated heterocycles. The fraction of sp³-hybridized carbons (Fsp3) is 0.345. The predicted molar refractivity (Wildman–Crippen MR) is 165 cm³/mol. The molecule has 12 heteroatoms. The molecule has 1 amide bonds. The minimum atomic E-state index is -0.833. The first-order valence-corrected chi connectivity index (χ1v) is 14.4. The molecule has 5 rings (SSSR count). The Morgan fingerprint density at radius 1 is 1.10 bits per heavy atom. The average Bonchev–Trinajstić information content (AvgIpc) is 3.17. The standard InChI is InChI=1S/C27H28FN5O2S2.C2H4O2/c1-17(2)15-33-26(35)22(37-27(33)36)14-21-24(29-23-9-4-18(3)16-32(23)25(21)34)31-12-10-30(11-13-31)20-7-5-19(28)6-8-20;1-2(3)4/h4-9,14,16-17H,10-13,15H2,1-3H3;1H3,(H,3,4)/b22-14-;. The van der Waals surface area contributed by atoms with Gasteiger partial charge in [0, 0.05) is 51.5 Å². The van der Waals surface area contributed by atoms with E-state index in [2.05, 4.69) is 9.80 Å². The van der Waals surface area contributed by atoms with Gasteiger partial charge in [-0.1, -0.05) is 43.9 Å². The smallest absolute Gasteiger partial charge is 0.300 e. The fourth-order valence-corrected chi connectivity index (χ4v) is 5.85. The Bertz CT molecular complexity index is 1560. The predicted octanol–water partition coefficient (Wildman–Crippen LogP) is 4.42. The summed E-state index contributed by atoms with van der Waals surface area (Å²) in [6.07, 6.45) is 3.42. The van der Waals surface area contributed by atoms with Gasteiger partial charge in [0.05, 0.1) is 10.5 Å². The number of anilines is 2. The zero-order valence-electron chi connectivity index (χ0n) is 23.3. The van der Waals surface area contributed by atoms with Gasteiger partial charge in [0.2, 0.25) is 0 Å². The SMILES string of the molecule is CC(=O)O.Cc1ccc2nc(N3CCN(c4ccc(F)cc4)CC3)c(/C=C3\SC(=S)N(CC(C)C)C3=O)c(=O)n2c1. The first-order valence-electron chi connectivity index (χ1n) is 13.2. The number of amides is 1. The van der Waals surface area contributed by atoms with E-state index in [1.165, 1.54) is 28.3 Å². The number of carbonyl (C=O) groups is 2. The lowest BCUT2D eigenvalue weighted by Crippen LogP contribution is -2.47. The number of fused-ring (bicyclic) bond motifs is 1. The number of aliphatic carboxylic acids is 1. The molecule has 216 valence electrons. The maximum atomic E-state index is 13.7. The molecule has 0 atom stereocenters. The van der Waals surface area contributed by atoms with Crippen molar-refractivity contribution in [2.75, 3.05) is 42.5 Å². The van der Waals surface area contributed by atoms with Crippen LogP contribution in [0.5, 0.6) is 0 Å². The Balaban J connectivity index is 0.000000909. The highest BCUT2D eigenvalue weighted by molar-refractivity contribution is 8.26. The molecule has 0 aliphatic carbocycles. The van der Waals surface area contributed by atoms with Crippen LogP contribution >= 0.6 is 24.0 Å². The topological polar surface area (TPSA) is 98.5 Å². The Labute approximate surface area is 247 Å². The second-order valence-electron chi connectivity index (χ2n) is 10.2. The third-order valence-corrected chi connectivity index (χ3v) is 7.83. The van der Waals surface area contributed by atoms with Crippen molar-refractivity contribution in [3.05, 3.63) is 74.8 Å². The van der Waals surface area contributed by atoms with E-state index >= 15 is 0 Å². The minimum absolute atomic E-state index is 0.176. The van der Waals surface area contributed by atoms with E-state index in [4.69, 9.17) is 27.1 Å². The zero-order valence-corrected chi connectivity index (χ0v) is 25.0. The van der Waals surface area contributed by atoms with Crippen LogP contribution in [0.15, 0.2) is 52.3 Å². The quantitative estimate of drug-likeness (QED) is 0.339. The minimum Gasteiger partial charge on any atom is -0.481 e. The van der Waals surface area contributed by atoms with Gasteiger partial charge in [-0.3, -0.25) is 23.7 Å². The van der Waals surface area contributed by atoms with E-state index in [1.807, 2.05) is 32.9 Å². The van der Waals surface area contributed by atoms with Crippen LogP contribution in [0.2, 0.25) is 0 Å². The second kappa shape index (κ2) is 12.8. The van der Waals surface area contributed by atoms with Crippen molar-refractivity contribution < 1.29 is 19.1 Å². The van der Waals surface area contributed by atoms with Gasteiger partial charge < -0.3 is 14.9 Å². The zero-order chi connectivity index (χ0) is 29.8. The van der Waals surface area contributed by atoms with Crippen LogP contribution in [0.4, 0.5) is 15.9 Å². The highest BCUT2D eigenvalue weighted by Gasteiger charge is 2.33. The summed E-state index contributed by atoms with van der Waals surface area (Å²) < 4.78 is 15.4. The van der Waals surface area contributed by atoms with Crippen molar-refractivity contribution in [3.8, 4) is 0 Å². The number of nitrogens with zero attached hydrogens (tertiary/aromatic N) is 5. The Hall–Kier alpha value is -3.77. The van der Waals surface area contributed by atoms with Crippen LogP contribution in [0.1, 0.15) is 31.9 Å². The number of benzene rings is 1. The van der Waals surface area contributed by atoms with Crippen LogP contribution < -0.4 is 15.4 Å². The number of thioether (sulfide) groups is 1. The van der Waals surface area contributed by atoms with E-state index in [1.54, 1.807) is 29.3 Å². The first kappa shape index (κ1) is 30.2. The van der Waals surface area contributed by atoms with Gasteiger partial charge >= 0.3 is 0 Å². The van der Waals surface area contributed by atoms with Crippen LogP contribution in [0.25, 0.3) is 11.7 Å². The molecule has 0 unspecified atom stereocenters. The normalized spacial score (nSPS) is 16.5. The number of carboxylic acid groups (broad SMARTS) is 1. The molecule has 0 spiro atoms. The Morgan fingerprint density at radius 3 is 2.32 bits per heavy atom. The molecule has 4 heterocycles. The highest BCUT2D eigenvalue weighted by atomic mass is 32.2. The third-order valence-electron chi connectivity index (χ3n) is 6.45. The number of thiocarbonyl (C=S) groups is 1. The number of hydrogen-bond acceptors (Lipinski definition) is 8. The largest absolute Gasteiger partial charge is 0.481 e. The van der Waals surface area contributed by atoms with Gasteiger partial charge in [-0.05, 0) is 54.8 Å². The summed E-state index contributed by atoms with van der Waals surface area (Å²) in [5.41, 5.74) is 2.60. The summed E-state index contributed by atoms with van der Waals surface area (Å²) in [5.74, 6) is -0.445. The van der Waals surface area contributed by atoms with Crippen molar-refractivity contribution in [2.45, 2.75) is 27.7 Å². The van der Waals surface area contributed by atoms with E-state index in [-0.39, 0.29) is 23.2 Å². The molecule has 2 fully saturated rings. The molecule has 2 aliphatic rings. The van der Waals surface area contributed by atoms with Crippen molar-refractivity contribution in [1.82, 2.24) is 14.3 Å². The molecule has 2 aromatic heterocycles. The summed E-state index contributed by atoms with van der Waals surface area (Å²) in [5, 5.41) is 7.42. The number of aromatic nitrogens is 2. The Morgan fingerprint density at radius 2 is 1.71 bits per heavy atom. The van der Waals surface area contributed by atoms with Gasteiger partial charge in [-0.25, -0.2) is 9.37 Å². The van der Waals surface area contributed by atoms with E-state index < -0.39 is 5.97 Å². The number of piperazine rings is 1. The van der Waals surface area contributed by atoms with Crippen molar-refractivity contribution in [1.29, 1.82) is 0 Å². The van der Waals surface area contributed by atoms with Crippen LogP contribution in [0.3, 0.4) is 0 Å². The summed E-state index contributed by atoms with van der Waals surface area (Å²) in [6.45, 7) is 10.2. The summed E-state index contributed by atoms with van der Waals surface area (Å²) in [7, 11) is 0. The lowest BCUT2D eigenvalue weighted by Gasteiger charge is -2.37. The maximum Gasteiger partial charge on any atom is 0.300 e. The number of halogens is 1. The molecule has 3 aromatic rings. The van der Waals surface area contributed by atoms with E-state index in [9.17, 15) is 14.0 Å². The van der Waals surface area contributed by atoms with Crippen molar-refractivity contribution in [2.24, 2.45) is 5.92 Å². The van der Waals surface area contributed by atoms with Gasteiger partial charge in [0.15, 0.2) is 0 Å². The lowest BCUT2D eigenvalue weighted by atomic mass is 10.2. The molecule has 2 aliphatic heterocycles. The molecular formula is C29H32FN5O4S2. The lowest BCUT2D eigenvalue weighted by molar-refractivity contribution is -0.134. The molecule has 1 N–H and O–H groups in total. The highest BCUT2D eigenvalue weighted by Crippen LogP contribution is 2.34. The first-order chi connectivity index (χ1) is 19.4. The Kier molecular flexibility index (Phi) is 9.44. The van der Waals surface area contributed by atoms with Gasteiger partial charge in [-0.15, -0.1) is 0 Å². The molecule has 9 nitrogen and oxygen atoms in total. The summed E-state index contributed by atoms with van der Waals surface area (Å²) >= 11 is 6.70. The molecule has 1 aromatic carbocycles. The van der Waals surface area contributed by atoms with E-state index in [0.717, 1.165) is 18.2 Å². The summed E-state index contributed by atoms with van der Waals surface area (Å²) in [4.78, 5) is 47.1. The number of carbonyl (C=O) groups excluding carboxylic acids is 1. The summed E-state index contributed by atoms with van der Waals surface area (Å²) in [6, 6.07) is 10.2. The molecule has 0 bridgehead atoms. The number of hydrogen-bond donors (Lipinski definition) is 1. The number of aryl methyl sites for hydroxylation is 1. The number of carboxylic acids is 1. The second-order valence-corrected chi connectivity index (χ2v) is 11.9. The number of pyridine rings is 1. The van der Waals surface area contributed by atoms with Gasteiger partial charge in [-0.2, -0.15) is 0 Å². The van der Waals surface area contributed by atoms with Crippen LogP contribution in [-0.4, -0.2) is 68.3 Å². The molecule has 0 radical (unpaired) electrons. The number of rotatable bonds is 5. The molecule has 41 heavy (non-hydrogen) atoms. The maximum absolute atomic E-state index is 13.7. The van der Waals surface area contributed by atoms with Crippen molar-refractivity contribution >= 4 is 63.4 Å². The van der Waals surface area contributed by atoms with Crippen LogP contribution in [-0.2, 0) is 9.59 Å². The fourth-order valence-electron chi connectivity index (χ4n) is 4.60. The molecule has 0 saturated carbocycles. The monoisotopic (exact) mass is 597 g/mol.